The van der Waals surface area contributed by atoms with E-state index in [-0.39, 0.29) is 73.3 Å². The van der Waals surface area contributed by atoms with Gasteiger partial charge in [-0.05, 0) is 43.2 Å². The molecule has 4 amide bonds. The number of piperidine rings is 1. The summed E-state index contributed by atoms with van der Waals surface area (Å²) in [5.74, 6) is -3.74. The van der Waals surface area contributed by atoms with Crippen molar-refractivity contribution in [3.63, 3.8) is 0 Å². The lowest BCUT2D eigenvalue weighted by atomic mass is 10.0. The Morgan fingerprint density at radius 3 is 2.48 bits per heavy atom. The molecule has 2 saturated heterocycles. The van der Waals surface area contributed by atoms with Gasteiger partial charge in [-0.1, -0.05) is 13.0 Å². The van der Waals surface area contributed by atoms with Crippen LogP contribution in [0.15, 0.2) is 61.2 Å². The molecule has 1 unspecified atom stereocenters. The maximum Gasteiger partial charge on any atom is 0.301 e. The zero-order valence-corrected chi connectivity index (χ0v) is 35.0. The Morgan fingerprint density at radius 2 is 1.75 bits per heavy atom. The third-order valence-electron chi connectivity index (χ3n) is 11.4. The van der Waals surface area contributed by atoms with Crippen LogP contribution in [0.5, 0.6) is 5.75 Å². The number of carbonyl (C=O) groups is 5. The number of pyridine rings is 1. The van der Waals surface area contributed by atoms with Crippen molar-refractivity contribution in [3.8, 4) is 16.9 Å². The van der Waals surface area contributed by atoms with Crippen LogP contribution in [0.3, 0.4) is 0 Å². The van der Waals surface area contributed by atoms with E-state index in [1.54, 1.807) is 48.5 Å². The van der Waals surface area contributed by atoms with E-state index in [0.717, 1.165) is 16.4 Å². The Bertz CT molecular complexity index is 2760. The molecule has 328 valence electrons. The number of piperazine rings is 1. The summed E-state index contributed by atoms with van der Waals surface area (Å²) in [6, 6.07) is 7.77. The van der Waals surface area contributed by atoms with Gasteiger partial charge in [0.1, 0.15) is 23.3 Å². The molecule has 63 heavy (non-hydrogen) atoms. The molecular weight excluding hydrogens is 843 g/mol. The lowest BCUT2D eigenvalue weighted by Gasteiger charge is -2.34. The highest BCUT2D eigenvalue weighted by molar-refractivity contribution is 7.90. The predicted octanol–water partition coefficient (Wildman–Crippen LogP) is 3.41. The molecule has 1 atom stereocenters. The van der Waals surface area contributed by atoms with Crippen molar-refractivity contribution in [1.82, 2.24) is 39.4 Å². The van der Waals surface area contributed by atoms with Crippen molar-refractivity contribution in [1.29, 1.82) is 0 Å². The van der Waals surface area contributed by atoms with Crippen molar-refractivity contribution in [3.05, 3.63) is 95.1 Å². The summed E-state index contributed by atoms with van der Waals surface area (Å²) < 4.78 is 64.7. The van der Waals surface area contributed by atoms with Crippen LogP contribution >= 0.6 is 0 Å². The number of H-pyrrole nitrogens is 1. The van der Waals surface area contributed by atoms with Gasteiger partial charge < -0.3 is 24.4 Å². The van der Waals surface area contributed by atoms with Crippen molar-refractivity contribution in [2.45, 2.75) is 45.2 Å². The number of hydrogen-bond donors (Lipinski definition) is 3. The molecule has 3 aliphatic rings. The highest BCUT2D eigenvalue weighted by Gasteiger charge is 2.40. The third kappa shape index (κ3) is 8.52. The summed E-state index contributed by atoms with van der Waals surface area (Å²) in [5.41, 5.74) is 0.872. The zero-order valence-electron chi connectivity index (χ0n) is 34.2. The van der Waals surface area contributed by atoms with E-state index in [9.17, 15) is 32.4 Å². The van der Waals surface area contributed by atoms with Gasteiger partial charge in [0.15, 0.2) is 5.82 Å². The lowest BCUT2D eigenvalue weighted by molar-refractivity contribution is -0.137. The van der Waals surface area contributed by atoms with Crippen molar-refractivity contribution in [2.24, 2.45) is 0 Å². The minimum Gasteiger partial charge on any atom is -0.493 e. The molecule has 21 heteroatoms. The first kappa shape index (κ1) is 42.8. The van der Waals surface area contributed by atoms with Crippen LogP contribution in [0, 0.1) is 11.6 Å². The van der Waals surface area contributed by atoms with Crippen LogP contribution in [0.25, 0.3) is 22.2 Å². The van der Waals surface area contributed by atoms with Crippen LogP contribution in [0.2, 0.25) is 0 Å². The Hall–Kier alpha value is -6.87. The average Bonchev–Trinajstić information content (AvgIpc) is 3.86. The van der Waals surface area contributed by atoms with Gasteiger partial charge in [-0.15, -0.1) is 0 Å². The number of ether oxygens (including phenoxy) is 1. The van der Waals surface area contributed by atoms with Gasteiger partial charge in [-0.25, -0.2) is 23.7 Å². The van der Waals surface area contributed by atoms with Crippen LogP contribution in [0.1, 0.15) is 64.4 Å². The fourth-order valence-corrected chi connectivity index (χ4v) is 8.69. The van der Waals surface area contributed by atoms with Gasteiger partial charge in [-0.2, -0.15) is 12.7 Å². The number of fused-ring (bicyclic) bond motifs is 2. The molecule has 6 heterocycles. The minimum absolute atomic E-state index is 0.0277. The number of imide groups is 1. The molecule has 3 N–H and O–H groups in total. The van der Waals surface area contributed by atoms with Crippen molar-refractivity contribution >= 4 is 62.3 Å². The first-order valence-electron chi connectivity index (χ1n) is 20.2. The van der Waals surface area contributed by atoms with Gasteiger partial charge in [0.05, 0.1) is 24.4 Å². The number of carbonyl (C=O) groups excluding carboxylic acids is 5. The van der Waals surface area contributed by atoms with Gasteiger partial charge in [-0.3, -0.25) is 34.0 Å². The van der Waals surface area contributed by atoms with E-state index in [0.29, 0.717) is 66.6 Å². The molecular formula is C42H42F2N10O8S. The van der Waals surface area contributed by atoms with Crippen LogP contribution in [0.4, 0.5) is 20.4 Å². The van der Waals surface area contributed by atoms with Gasteiger partial charge in [0, 0.05) is 111 Å². The number of aromatic amines is 1. The molecule has 0 spiro atoms. The molecule has 0 aliphatic carbocycles. The van der Waals surface area contributed by atoms with E-state index in [1.165, 1.54) is 24.3 Å². The number of halogens is 2. The zero-order chi connectivity index (χ0) is 44.6. The second-order valence-corrected chi connectivity index (χ2v) is 17.0. The summed E-state index contributed by atoms with van der Waals surface area (Å²) in [6.45, 7) is 3.98. The topological polar surface area (TPSA) is 220 Å². The Balaban J connectivity index is 0.847. The van der Waals surface area contributed by atoms with E-state index in [4.69, 9.17) is 4.74 Å². The summed E-state index contributed by atoms with van der Waals surface area (Å²) in [6.07, 6.45) is 7.11. The number of amides is 4. The number of aromatic nitrogens is 4. The number of rotatable bonds is 14. The first-order chi connectivity index (χ1) is 30.2. The fourth-order valence-electron chi connectivity index (χ4n) is 7.76. The number of nitrogens with zero attached hydrogens (tertiary/aromatic N) is 7. The summed E-state index contributed by atoms with van der Waals surface area (Å²) in [7, 11) is -2.88. The van der Waals surface area contributed by atoms with Gasteiger partial charge in [0.2, 0.25) is 29.5 Å². The molecule has 0 radical (unpaired) electrons. The maximum absolute atomic E-state index is 15.6. The van der Waals surface area contributed by atoms with Gasteiger partial charge in [0.25, 0.3) is 5.91 Å². The normalized spacial score (nSPS) is 16.7. The monoisotopic (exact) mass is 884 g/mol. The largest absolute Gasteiger partial charge is 0.493 e. The van der Waals surface area contributed by atoms with Crippen molar-refractivity contribution in [2.75, 3.05) is 56.0 Å². The average molecular weight is 885 g/mol. The van der Waals surface area contributed by atoms with E-state index >= 15 is 8.78 Å². The molecule has 8 rings (SSSR count). The second-order valence-electron chi connectivity index (χ2n) is 15.2. The van der Waals surface area contributed by atoms with Crippen LogP contribution in [-0.4, -0.2) is 124 Å². The quantitative estimate of drug-likeness (QED) is 0.0831. The van der Waals surface area contributed by atoms with E-state index in [1.807, 2.05) is 4.90 Å². The number of ketones is 1. The lowest BCUT2D eigenvalue weighted by Crippen LogP contribution is -2.52. The second kappa shape index (κ2) is 17.5. The SMILES string of the molecule is CCN(C)S(=O)(=O)Nc1ccc(F)c(C(=O)c2c[nH]c3ncc(-c4cnc(N5CCN(C(=O)CCCOc6cccc7c6CN(C6CCC(=O)NC6=O)C7=O)CC5)nc4)cc23)c1F. The molecule has 2 fully saturated rings. The standard InChI is InChI=1S/C42H42F2N10O8S/c1-3-51(2)63(60,61)50-31-10-9-30(43)36(37(31)44)38(57)28-22-46-39-27(28)18-24(19-45-39)25-20-47-42(48-21-25)53-15-13-52(14-16-53)35(56)8-5-17-62-33-7-4-6-26-29(33)23-54(41(26)59)32-11-12-34(55)49-40(32)58/h4,6-7,9-10,18-22,32,50H,3,5,8,11-17,23H2,1-2H3,(H,45,46)(H,49,55,58). The van der Waals surface area contributed by atoms with E-state index < -0.39 is 50.8 Å². The van der Waals surface area contributed by atoms with E-state index in [2.05, 4.69) is 30.0 Å². The predicted molar refractivity (Wildman–Crippen MR) is 224 cm³/mol. The minimum atomic E-state index is -4.16. The van der Waals surface area contributed by atoms with Gasteiger partial charge >= 0.3 is 10.2 Å². The Labute approximate surface area is 359 Å². The smallest absolute Gasteiger partial charge is 0.301 e. The van der Waals surface area contributed by atoms with Crippen molar-refractivity contribution < 1.29 is 45.9 Å². The number of anilines is 2. The summed E-state index contributed by atoms with van der Waals surface area (Å²) in [4.78, 5) is 85.4. The Kier molecular flexibility index (Phi) is 11.9. The maximum atomic E-state index is 15.6. The fraction of sp³-hybridized carbons (Fsp3) is 0.333. The highest BCUT2D eigenvalue weighted by atomic mass is 32.2. The Morgan fingerprint density at radius 1 is 1.00 bits per heavy atom. The highest BCUT2D eigenvalue weighted by Crippen LogP contribution is 2.34. The van der Waals surface area contributed by atoms with Crippen LogP contribution < -0.4 is 19.7 Å². The molecule has 3 aromatic heterocycles. The molecule has 3 aliphatic heterocycles. The molecule has 2 aromatic carbocycles. The molecule has 18 nitrogen and oxygen atoms in total. The van der Waals surface area contributed by atoms with Crippen LogP contribution in [-0.2, 0) is 31.1 Å². The summed E-state index contributed by atoms with van der Waals surface area (Å²) in [5, 5.41) is 2.57. The molecule has 5 aromatic rings. The number of hydrogen-bond acceptors (Lipinski definition) is 12. The third-order valence-corrected chi connectivity index (χ3v) is 13.0. The first-order valence-corrected chi connectivity index (χ1v) is 21.7. The molecule has 0 bridgehead atoms. The summed E-state index contributed by atoms with van der Waals surface area (Å²) >= 11 is 0. The number of benzene rings is 2. The molecule has 0 saturated carbocycles. The number of nitrogens with one attached hydrogen (secondary N) is 3.